The third kappa shape index (κ3) is 3.49. The number of nitrogens with one attached hydrogen (secondary N) is 2. The van der Waals surface area contributed by atoms with Gasteiger partial charge in [-0.3, -0.25) is 0 Å². The van der Waals surface area contributed by atoms with Crippen molar-refractivity contribution in [3.8, 4) is 10.1 Å². The number of thioether (sulfide) groups is 1. The summed E-state index contributed by atoms with van der Waals surface area (Å²) in [5.41, 5.74) is 0. The number of hydrogen-bond donors (Lipinski definition) is 2. The van der Waals surface area contributed by atoms with Crippen LogP contribution in [0, 0.1) is 0 Å². The Hall–Kier alpha value is -2.51. The van der Waals surface area contributed by atoms with Crippen LogP contribution in [0.25, 0.3) is 0 Å². The molecule has 2 unspecified atom stereocenters. The summed E-state index contributed by atoms with van der Waals surface area (Å²) < 4.78 is 9.47. The number of tetrazole rings is 2. The summed E-state index contributed by atoms with van der Waals surface area (Å²) in [5, 5.41) is 31.5. The third-order valence-corrected chi connectivity index (χ3v) is 8.87. The fourth-order valence-corrected chi connectivity index (χ4v) is 6.65. The van der Waals surface area contributed by atoms with Gasteiger partial charge >= 0.3 is 0 Å². The summed E-state index contributed by atoms with van der Waals surface area (Å²) in [5.74, 6) is 1.09. The van der Waals surface area contributed by atoms with Gasteiger partial charge in [0, 0.05) is 9.75 Å². The average Bonchev–Trinajstić information content (AvgIpc) is 3.53. The maximum absolute atomic E-state index is 5.40. The van der Waals surface area contributed by atoms with Gasteiger partial charge in [0.25, 0.3) is 0 Å². The number of aromatic nitrogens is 8. The topological polar surface area (TPSA) is 127 Å². The smallest absolute Gasteiger partial charge is 0.195 e. The molecule has 0 amide bonds. The molecule has 0 aliphatic carbocycles. The first kappa shape index (κ1) is 19.8. The Morgan fingerprint density at radius 2 is 1.24 bits per heavy atom. The minimum atomic E-state index is -0.666. The largest absolute Gasteiger partial charge is 0.487 e. The number of methoxy groups -OCH3 is 2. The molecule has 4 aromatic rings. The zero-order valence-electron chi connectivity index (χ0n) is 16.0. The maximum atomic E-state index is 5.40. The molecule has 13 heteroatoms. The molecule has 2 atom stereocenters. The van der Waals surface area contributed by atoms with Crippen molar-refractivity contribution in [2.24, 2.45) is 0 Å². The fourth-order valence-electron chi connectivity index (χ4n) is 2.92. The molecule has 4 rings (SSSR count). The quantitative estimate of drug-likeness (QED) is 0.416. The first-order chi connectivity index (χ1) is 14.0. The van der Waals surface area contributed by atoms with Gasteiger partial charge in [0.2, 0.25) is 0 Å². The molecule has 4 heterocycles. The molecule has 4 aromatic heterocycles. The van der Waals surface area contributed by atoms with Crippen LogP contribution >= 0.6 is 34.4 Å². The second-order valence-corrected chi connectivity index (χ2v) is 10.2. The van der Waals surface area contributed by atoms with E-state index < -0.39 is 9.49 Å². The van der Waals surface area contributed by atoms with Crippen LogP contribution < -0.4 is 9.47 Å². The molecular formula is C16H18N8O2S3. The molecule has 2 N–H and O–H groups in total. The molecule has 0 aromatic carbocycles. The van der Waals surface area contributed by atoms with Crippen molar-refractivity contribution >= 4 is 34.4 Å². The lowest BCUT2D eigenvalue weighted by Crippen LogP contribution is -2.30. The highest BCUT2D eigenvalue weighted by molar-refractivity contribution is 8.01. The number of hydrogen-bond acceptors (Lipinski definition) is 11. The number of rotatable bonds is 8. The van der Waals surface area contributed by atoms with Crippen molar-refractivity contribution < 1.29 is 9.47 Å². The van der Waals surface area contributed by atoms with E-state index in [0.717, 1.165) is 19.9 Å². The molecule has 0 saturated carbocycles. The first-order valence-electron chi connectivity index (χ1n) is 8.46. The highest BCUT2D eigenvalue weighted by Crippen LogP contribution is 2.56. The summed E-state index contributed by atoms with van der Waals surface area (Å²) in [7, 11) is 3.30. The standard InChI is InChI=1S/C16H18N8O2S3/c1-15(13-17-21-22-18-13,9-5-7-11(25-3)27-9)29-16(2,14-19-23-24-20-14)10-6-8-12(26-4)28-10/h5-8H,1-4H3,(H,17,18,21,22)(H,19,20,23,24). The maximum Gasteiger partial charge on any atom is 0.195 e. The van der Waals surface area contributed by atoms with E-state index in [9.17, 15) is 0 Å². The third-order valence-electron chi connectivity index (χ3n) is 4.46. The Morgan fingerprint density at radius 1 is 0.793 bits per heavy atom. The van der Waals surface area contributed by atoms with Gasteiger partial charge in [0.05, 0.1) is 14.2 Å². The van der Waals surface area contributed by atoms with Crippen LogP contribution in [-0.4, -0.2) is 55.5 Å². The van der Waals surface area contributed by atoms with E-state index in [-0.39, 0.29) is 0 Å². The van der Waals surface area contributed by atoms with Gasteiger partial charge in [-0.05, 0) is 38.1 Å². The van der Waals surface area contributed by atoms with Crippen LogP contribution in [0.4, 0.5) is 0 Å². The fraction of sp³-hybridized carbons (Fsp3) is 0.375. The van der Waals surface area contributed by atoms with E-state index >= 15 is 0 Å². The van der Waals surface area contributed by atoms with Crippen LogP contribution in [0.3, 0.4) is 0 Å². The molecule has 152 valence electrons. The number of nitrogens with zero attached hydrogens (tertiary/aromatic N) is 6. The van der Waals surface area contributed by atoms with E-state index in [1.165, 1.54) is 22.7 Å². The summed E-state index contributed by atoms with van der Waals surface area (Å²) >= 11 is 4.66. The SMILES string of the molecule is COc1ccc(C(C)(SC(C)(c2nn[nH]n2)c2ccc(OC)s2)c2nn[nH]n2)s1. The van der Waals surface area contributed by atoms with E-state index in [4.69, 9.17) is 9.47 Å². The molecule has 0 aliphatic rings. The Kier molecular flexibility index (Phi) is 5.27. The van der Waals surface area contributed by atoms with E-state index in [1.807, 2.05) is 24.3 Å². The monoisotopic (exact) mass is 450 g/mol. The molecule has 29 heavy (non-hydrogen) atoms. The van der Waals surface area contributed by atoms with Crippen molar-refractivity contribution in [3.05, 3.63) is 45.7 Å². The molecule has 0 spiro atoms. The summed E-state index contributed by atoms with van der Waals surface area (Å²) in [6.07, 6.45) is 0. The predicted octanol–water partition coefficient (Wildman–Crippen LogP) is 2.81. The van der Waals surface area contributed by atoms with Crippen LogP contribution in [0.1, 0.15) is 35.3 Å². The van der Waals surface area contributed by atoms with E-state index in [0.29, 0.717) is 11.6 Å². The van der Waals surface area contributed by atoms with Crippen molar-refractivity contribution in [2.75, 3.05) is 14.2 Å². The molecule has 0 aliphatic heterocycles. The Morgan fingerprint density at radius 3 is 1.55 bits per heavy atom. The van der Waals surface area contributed by atoms with Crippen LogP contribution in [0.5, 0.6) is 10.1 Å². The minimum absolute atomic E-state index is 0.547. The molecule has 0 saturated heterocycles. The van der Waals surface area contributed by atoms with Crippen LogP contribution in [0.2, 0.25) is 0 Å². The lowest BCUT2D eigenvalue weighted by molar-refractivity contribution is 0.427. The van der Waals surface area contributed by atoms with Crippen molar-refractivity contribution in [1.82, 2.24) is 41.2 Å². The van der Waals surface area contributed by atoms with Gasteiger partial charge < -0.3 is 9.47 Å². The van der Waals surface area contributed by atoms with Gasteiger partial charge in [0.15, 0.2) is 21.8 Å². The van der Waals surface area contributed by atoms with E-state index in [2.05, 4.69) is 55.1 Å². The zero-order valence-corrected chi connectivity index (χ0v) is 18.5. The molecule has 0 bridgehead atoms. The second-order valence-electron chi connectivity index (χ2n) is 6.28. The normalized spacial score (nSPS) is 15.6. The van der Waals surface area contributed by atoms with Gasteiger partial charge in [-0.15, -0.1) is 54.8 Å². The number of ether oxygens (including phenoxy) is 2. The van der Waals surface area contributed by atoms with E-state index in [1.54, 1.807) is 26.0 Å². The van der Waals surface area contributed by atoms with Gasteiger partial charge in [0.1, 0.15) is 9.49 Å². The second kappa shape index (κ2) is 7.72. The lowest BCUT2D eigenvalue weighted by Gasteiger charge is -2.34. The zero-order chi connectivity index (χ0) is 20.5. The van der Waals surface area contributed by atoms with Crippen molar-refractivity contribution in [1.29, 1.82) is 0 Å². The average molecular weight is 451 g/mol. The molecular weight excluding hydrogens is 432 g/mol. The summed E-state index contributed by atoms with van der Waals surface area (Å²) in [4.78, 5) is 2.03. The molecule has 0 radical (unpaired) electrons. The number of H-pyrrole nitrogens is 2. The Bertz CT molecular complexity index is 980. The highest BCUT2D eigenvalue weighted by atomic mass is 32.2. The van der Waals surface area contributed by atoms with Crippen LogP contribution in [0.15, 0.2) is 24.3 Å². The first-order valence-corrected chi connectivity index (χ1v) is 10.9. The van der Waals surface area contributed by atoms with Crippen molar-refractivity contribution in [2.45, 2.75) is 23.3 Å². The minimum Gasteiger partial charge on any atom is -0.487 e. The Balaban J connectivity index is 1.85. The summed E-state index contributed by atoms with van der Waals surface area (Å²) in [6.45, 7) is 4.11. The Labute approximate surface area is 178 Å². The number of thiophene rings is 2. The van der Waals surface area contributed by atoms with Gasteiger partial charge in [-0.25, -0.2) is 0 Å². The highest BCUT2D eigenvalue weighted by Gasteiger charge is 2.47. The van der Waals surface area contributed by atoms with Gasteiger partial charge in [-0.2, -0.15) is 10.4 Å². The van der Waals surface area contributed by atoms with Crippen LogP contribution in [-0.2, 0) is 9.49 Å². The predicted molar refractivity (Wildman–Crippen MR) is 111 cm³/mol. The molecule has 0 fully saturated rings. The number of aromatic amines is 2. The summed E-state index contributed by atoms with van der Waals surface area (Å²) in [6, 6.07) is 7.88. The van der Waals surface area contributed by atoms with Crippen molar-refractivity contribution in [3.63, 3.8) is 0 Å². The molecule has 10 nitrogen and oxygen atoms in total. The lowest BCUT2D eigenvalue weighted by atomic mass is 10.1. The van der Waals surface area contributed by atoms with Gasteiger partial charge in [-0.1, -0.05) is 10.4 Å².